The average Bonchev–Trinajstić information content (AvgIpc) is 2.99. The Balaban J connectivity index is 1.92. The van der Waals surface area contributed by atoms with Crippen molar-refractivity contribution in [3.63, 3.8) is 0 Å². The van der Waals surface area contributed by atoms with Crippen molar-refractivity contribution in [2.45, 2.75) is 52.1 Å². The number of nitrogens with one attached hydrogen (secondary N) is 1. The second-order valence-corrected chi connectivity index (χ2v) is 5.71. The smallest absolute Gasteiger partial charge is 0.0335 e. The molecule has 0 spiro atoms. The zero-order chi connectivity index (χ0) is 14.9. The van der Waals surface area contributed by atoms with Crippen LogP contribution in [0.1, 0.15) is 50.3 Å². The van der Waals surface area contributed by atoms with Crippen molar-refractivity contribution in [3.8, 4) is 0 Å². The van der Waals surface area contributed by atoms with Gasteiger partial charge in [0, 0.05) is 25.0 Å². The van der Waals surface area contributed by atoms with Crippen LogP contribution in [-0.4, -0.2) is 11.1 Å². The fourth-order valence-electron chi connectivity index (χ4n) is 2.70. The molecule has 0 aliphatic heterocycles. The first-order chi connectivity index (χ1) is 10.3. The molecular formula is C19H28N2. The lowest BCUT2D eigenvalue weighted by Crippen LogP contribution is -2.21. The van der Waals surface area contributed by atoms with Crippen molar-refractivity contribution in [3.05, 3.63) is 59.9 Å². The largest absolute Gasteiger partial charge is 0.354 e. The molecule has 2 rings (SSSR count). The monoisotopic (exact) mass is 284 g/mol. The molecule has 1 unspecified atom stereocenters. The van der Waals surface area contributed by atoms with Crippen LogP contribution in [0.15, 0.2) is 48.8 Å². The minimum absolute atomic E-state index is 0.507. The second-order valence-electron chi connectivity index (χ2n) is 5.71. The standard InChI is InChI=1S/C19H28N2/c1-3-8-19(20-13-4-2)18-12-15-21(16-18)14-11-17-9-6-5-7-10-17/h5-7,9-10,12,15-16,19-20H,3-4,8,11,13-14H2,1-2H3. The van der Waals surface area contributed by atoms with Gasteiger partial charge < -0.3 is 9.88 Å². The van der Waals surface area contributed by atoms with Crippen LogP contribution in [0.2, 0.25) is 0 Å². The van der Waals surface area contributed by atoms with Crippen molar-refractivity contribution in [2.75, 3.05) is 6.54 Å². The molecule has 114 valence electrons. The summed E-state index contributed by atoms with van der Waals surface area (Å²) in [6.07, 6.45) is 9.24. The Labute approximate surface area is 129 Å². The van der Waals surface area contributed by atoms with Gasteiger partial charge in [0.05, 0.1) is 0 Å². The van der Waals surface area contributed by atoms with E-state index in [9.17, 15) is 0 Å². The summed E-state index contributed by atoms with van der Waals surface area (Å²) in [6.45, 7) is 6.63. The highest BCUT2D eigenvalue weighted by Crippen LogP contribution is 2.19. The second kappa shape index (κ2) is 8.68. The van der Waals surface area contributed by atoms with Crippen LogP contribution in [0.5, 0.6) is 0 Å². The third-order valence-electron chi connectivity index (χ3n) is 3.90. The predicted octanol–water partition coefficient (Wildman–Crippen LogP) is 4.57. The topological polar surface area (TPSA) is 17.0 Å². The van der Waals surface area contributed by atoms with E-state index in [1.54, 1.807) is 0 Å². The number of aromatic nitrogens is 1. The maximum Gasteiger partial charge on any atom is 0.0335 e. The minimum atomic E-state index is 0.507. The molecule has 0 aliphatic rings. The van der Waals surface area contributed by atoms with Crippen LogP contribution < -0.4 is 5.32 Å². The van der Waals surface area contributed by atoms with E-state index in [4.69, 9.17) is 0 Å². The molecule has 0 amide bonds. The maximum atomic E-state index is 3.66. The highest BCUT2D eigenvalue weighted by molar-refractivity contribution is 5.17. The third-order valence-corrected chi connectivity index (χ3v) is 3.90. The first-order valence-corrected chi connectivity index (χ1v) is 8.26. The summed E-state index contributed by atoms with van der Waals surface area (Å²) in [7, 11) is 0. The predicted molar refractivity (Wildman–Crippen MR) is 90.5 cm³/mol. The van der Waals surface area contributed by atoms with Crippen LogP contribution in [0.4, 0.5) is 0 Å². The molecule has 1 heterocycles. The van der Waals surface area contributed by atoms with E-state index in [0.29, 0.717) is 6.04 Å². The molecule has 0 saturated carbocycles. The Morgan fingerprint density at radius 3 is 2.57 bits per heavy atom. The van der Waals surface area contributed by atoms with Crippen LogP contribution in [0, 0.1) is 0 Å². The van der Waals surface area contributed by atoms with Gasteiger partial charge in [-0.25, -0.2) is 0 Å². The maximum absolute atomic E-state index is 3.66. The normalized spacial score (nSPS) is 12.5. The number of benzene rings is 1. The van der Waals surface area contributed by atoms with E-state index in [-0.39, 0.29) is 0 Å². The molecule has 1 atom stereocenters. The van der Waals surface area contributed by atoms with Crippen molar-refractivity contribution in [1.29, 1.82) is 0 Å². The summed E-state index contributed by atoms with van der Waals surface area (Å²) < 4.78 is 2.32. The summed E-state index contributed by atoms with van der Waals surface area (Å²) in [5.74, 6) is 0. The van der Waals surface area contributed by atoms with E-state index < -0.39 is 0 Å². The number of hydrogen-bond donors (Lipinski definition) is 1. The first-order valence-electron chi connectivity index (χ1n) is 8.26. The van der Waals surface area contributed by atoms with E-state index in [2.05, 4.69) is 72.5 Å². The highest BCUT2D eigenvalue weighted by Gasteiger charge is 2.10. The van der Waals surface area contributed by atoms with Crippen molar-refractivity contribution in [2.24, 2.45) is 0 Å². The SMILES string of the molecule is CCCNC(CCC)c1ccn(CCc2ccccc2)c1. The van der Waals surface area contributed by atoms with Gasteiger partial charge in [0.2, 0.25) is 0 Å². The van der Waals surface area contributed by atoms with E-state index >= 15 is 0 Å². The third kappa shape index (κ3) is 5.05. The zero-order valence-electron chi connectivity index (χ0n) is 13.4. The summed E-state index contributed by atoms with van der Waals surface area (Å²) in [6, 6.07) is 13.5. The van der Waals surface area contributed by atoms with Gasteiger partial charge in [0.1, 0.15) is 0 Å². The Kier molecular flexibility index (Phi) is 6.55. The Bertz CT molecular complexity index is 501. The van der Waals surface area contributed by atoms with E-state index in [1.165, 1.54) is 30.4 Å². The molecule has 0 fully saturated rings. The number of aryl methyl sites for hydroxylation is 2. The molecule has 0 aliphatic carbocycles. The molecule has 0 saturated heterocycles. The van der Waals surface area contributed by atoms with Gasteiger partial charge in [-0.15, -0.1) is 0 Å². The zero-order valence-corrected chi connectivity index (χ0v) is 13.4. The molecule has 21 heavy (non-hydrogen) atoms. The summed E-state index contributed by atoms with van der Waals surface area (Å²) in [5, 5.41) is 3.66. The molecular weight excluding hydrogens is 256 g/mol. The molecule has 0 bridgehead atoms. The molecule has 2 nitrogen and oxygen atoms in total. The molecule has 0 radical (unpaired) electrons. The van der Waals surface area contributed by atoms with Crippen LogP contribution >= 0.6 is 0 Å². The lowest BCUT2D eigenvalue weighted by atomic mass is 10.1. The molecule has 2 heteroatoms. The number of nitrogens with zero attached hydrogens (tertiary/aromatic N) is 1. The van der Waals surface area contributed by atoms with Gasteiger partial charge in [0.15, 0.2) is 0 Å². The fourth-order valence-corrected chi connectivity index (χ4v) is 2.70. The number of rotatable bonds is 9. The van der Waals surface area contributed by atoms with Gasteiger partial charge in [-0.3, -0.25) is 0 Å². The van der Waals surface area contributed by atoms with Crippen LogP contribution in [0.3, 0.4) is 0 Å². The van der Waals surface area contributed by atoms with Crippen LogP contribution in [0.25, 0.3) is 0 Å². The van der Waals surface area contributed by atoms with E-state index in [1.807, 2.05) is 0 Å². The Morgan fingerprint density at radius 1 is 1.05 bits per heavy atom. The summed E-state index contributed by atoms with van der Waals surface area (Å²) in [5.41, 5.74) is 2.83. The first kappa shape index (κ1) is 15.8. The lowest BCUT2D eigenvalue weighted by molar-refractivity contribution is 0.493. The average molecular weight is 284 g/mol. The molecule has 1 aromatic carbocycles. The van der Waals surface area contributed by atoms with Crippen molar-refractivity contribution >= 4 is 0 Å². The van der Waals surface area contributed by atoms with Gasteiger partial charge in [0.25, 0.3) is 0 Å². The summed E-state index contributed by atoms with van der Waals surface area (Å²) in [4.78, 5) is 0. The molecule has 1 N–H and O–H groups in total. The minimum Gasteiger partial charge on any atom is -0.354 e. The van der Waals surface area contributed by atoms with E-state index in [0.717, 1.165) is 19.5 Å². The fraction of sp³-hybridized carbons (Fsp3) is 0.474. The Hall–Kier alpha value is -1.54. The van der Waals surface area contributed by atoms with Gasteiger partial charge in [-0.2, -0.15) is 0 Å². The lowest BCUT2D eigenvalue weighted by Gasteiger charge is -2.16. The summed E-state index contributed by atoms with van der Waals surface area (Å²) >= 11 is 0. The molecule has 2 aromatic rings. The van der Waals surface area contributed by atoms with Gasteiger partial charge in [-0.1, -0.05) is 50.6 Å². The van der Waals surface area contributed by atoms with Crippen molar-refractivity contribution < 1.29 is 0 Å². The number of hydrogen-bond acceptors (Lipinski definition) is 1. The quantitative estimate of drug-likeness (QED) is 0.713. The van der Waals surface area contributed by atoms with Gasteiger partial charge in [-0.05, 0) is 43.0 Å². The van der Waals surface area contributed by atoms with Crippen molar-refractivity contribution in [1.82, 2.24) is 9.88 Å². The van der Waals surface area contributed by atoms with Crippen LogP contribution in [-0.2, 0) is 13.0 Å². The van der Waals surface area contributed by atoms with Gasteiger partial charge >= 0.3 is 0 Å². The molecule has 1 aromatic heterocycles. The highest BCUT2D eigenvalue weighted by atomic mass is 15.0. The Morgan fingerprint density at radius 2 is 1.86 bits per heavy atom.